The summed E-state index contributed by atoms with van der Waals surface area (Å²) in [6.07, 6.45) is 2.22. The highest BCUT2D eigenvalue weighted by Gasteiger charge is 2.17. The number of rotatable bonds is 7. The van der Waals surface area contributed by atoms with Gasteiger partial charge < -0.3 is 10.1 Å². The van der Waals surface area contributed by atoms with Crippen molar-refractivity contribution in [2.45, 2.75) is 33.6 Å². The van der Waals surface area contributed by atoms with Crippen LogP contribution in [0.25, 0.3) is 27.5 Å². The largest absolute Gasteiger partial charge is 0.494 e. The number of hydrogen-bond donors (Lipinski definition) is 1. The van der Waals surface area contributed by atoms with E-state index in [-0.39, 0.29) is 17.9 Å². The van der Waals surface area contributed by atoms with Gasteiger partial charge in [-0.25, -0.2) is 4.98 Å². The number of carbonyl (C=O) groups excluding carboxylic acids is 1. The Morgan fingerprint density at radius 3 is 2.65 bits per heavy atom. The third-order valence-electron chi connectivity index (χ3n) is 6.34. The van der Waals surface area contributed by atoms with E-state index in [9.17, 15) is 10.1 Å². The number of carbonyl (C=O) groups is 1. The Balaban J connectivity index is 1.29. The van der Waals surface area contributed by atoms with Crippen LogP contribution in [0.1, 0.15) is 35.1 Å². The molecule has 7 nitrogen and oxygen atoms in total. The molecule has 0 aliphatic heterocycles. The molecule has 37 heavy (non-hydrogen) atoms. The number of ether oxygens (including phenoxy) is 1. The summed E-state index contributed by atoms with van der Waals surface area (Å²) in [7, 11) is 0. The molecule has 2 aromatic heterocycles. The van der Waals surface area contributed by atoms with Crippen LogP contribution in [0.3, 0.4) is 0 Å². The van der Waals surface area contributed by atoms with Crippen LogP contribution >= 0.6 is 0 Å². The maximum Gasteiger partial charge on any atom is 0.225 e. The van der Waals surface area contributed by atoms with Crippen LogP contribution in [0.2, 0.25) is 0 Å². The van der Waals surface area contributed by atoms with Crippen LogP contribution < -0.4 is 10.1 Å². The zero-order valence-electron chi connectivity index (χ0n) is 21.1. The monoisotopic (exact) mass is 489 g/mol. The van der Waals surface area contributed by atoms with Gasteiger partial charge in [-0.3, -0.25) is 4.79 Å². The first-order valence-corrected chi connectivity index (χ1v) is 12.2. The number of nitriles is 1. The minimum absolute atomic E-state index is 0.218. The topological polar surface area (TPSA) is 92.8 Å². The smallest absolute Gasteiger partial charge is 0.225 e. The summed E-state index contributed by atoms with van der Waals surface area (Å²) in [4.78, 5) is 17.6. The van der Waals surface area contributed by atoms with E-state index in [0.29, 0.717) is 24.7 Å². The average molecular weight is 490 g/mol. The third-order valence-corrected chi connectivity index (χ3v) is 6.34. The molecular formula is C30H27N5O2. The predicted octanol–water partition coefficient (Wildman–Crippen LogP) is 6.17. The third kappa shape index (κ3) is 5.00. The van der Waals surface area contributed by atoms with Crippen molar-refractivity contribution in [3.8, 4) is 17.6 Å². The lowest BCUT2D eigenvalue weighted by atomic mass is 10.0. The maximum atomic E-state index is 12.8. The molecule has 2 heterocycles. The molecule has 1 N–H and O–H groups in total. The molecule has 0 saturated heterocycles. The molecule has 0 bridgehead atoms. The van der Waals surface area contributed by atoms with Crippen LogP contribution in [-0.4, -0.2) is 27.3 Å². The Hall–Kier alpha value is -4.70. The van der Waals surface area contributed by atoms with Crippen molar-refractivity contribution in [2.75, 3.05) is 11.9 Å². The van der Waals surface area contributed by atoms with Gasteiger partial charge in [0.2, 0.25) is 5.91 Å². The van der Waals surface area contributed by atoms with Gasteiger partial charge in [0.05, 0.1) is 18.3 Å². The summed E-state index contributed by atoms with van der Waals surface area (Å²) >= 11 is 0. The van der Waals surface area contributed by atoms with E-state index in [2.05, 4.69) is 41.6 Å². The van der Waals surface area contributed by atoms with Crippen LogP contribution in [0.5, 0.6) is 5.75 Å². The molecule has 0 fully saturated rings. The molecule has 0 atom stereocenters. The summed E-state index contributed by atoms with van der Waals surface area (Å²) in [6, 6.07) is 22.3. The van der Waals surface area contributed by atoms with Gasteiger partial charge in [-0.05, 0) is 73.4 Å². The normalized spacial score (nSPS) is 11.0. The molecule has 0 unspecified atom stereocenters. The Morgan fingerprint density at radius 2 is 1.84 bits per heavy atom. The first-order chi connectivity index (χ1) is 17.9. The highest BCUT2D eigenvalue weighted by molar-refractivity contribution is 5.92. The van der Waals surface area contributed by atoms with E-state index < -0.39 is 0 Å². The minimum atomic E-state index is -0.218. The van der Waals surface area contributed by atoms with Crippen LogP contribution in [-0.2, 0) is 4.79 Å². The Bertz CT molecular complexity index is 1680. The number of anilines is 1. The second-order valence-corrected chi connectivity index (χ2v) is 9.21. The highest BCUT2D eigenvalue weighted by Crippen LogP contribution is 2.27. The molecule has 3 aromatic carbocycles. The minimum Gasteiger partial charge on any atom is -0.494 e. The van der Waals surface area contributed by atoms with Gasteiger partial charge in [0.15, 0.2) is 11.6 Å². The van der Waals surface area contributed by atoms with Gasteiger partial charge >= 0.3 is 0 Å². The molecule has 184 valence electrons. The van der Waals surface area contributed by atoms with Gasteiger partial charge in [0.25, 0.3) is 0 Å². The van der Waals surface area contributed by atoms with Gasteiger partial charge in [0, 0.05) is 11.8 Å². The van der Waals surface area contributed by atoms with Crippen molar-refractivity contribution < 1.29 is 9.53 Å². The van der Waals surface area contributed by atoms with Crippen LogP contribution in [0.4, 0.5) is 5.82 Å². The number of aryl methyl sites for hydroxylation is 3. The molecule has 0 saturated carbocycles. The summed E-state index contributed by atoms with van der Waals surface area (Å²) in [5, 5.41) is 20.2. The van der Waals surface area contributed by atoms with Gasteiger partial charge in [-0.1, -0.05) is 42.0 Å². The van der Waals surface area contributed by atoms with Gasteiger partial charge in [-0.15, -0.1) is 0 Å². The number of benzene rings is 3. The number of fused-ring (bicyclic) bond motifs is 2. The summed E-state index contributed by atoms with van der Waals surface area (Å²) in [6.45, 7) is 6.51. The van der Waals surface area contributed by atoms with Crippen molar-refractivity contribution in [1.82, 2.24) is 14.8 Å². The van der Waals surface area contributed by atoms with Crippen LogP contribution in [0.15, 0.2) is 66.9 Å². The fourth-order valence-corrected chi connectivity index (χ4v) is 4.53. The van der Waals surface area contributed by atoms with E-state index in [1.165, 1.54) is 16.4 Å². The number of aromatic nitrogens is 3. The lowest BCUT2D eigenvalue weighted by Crippen LogP contribution is -2.17. The molecule has 5 aromatic rings. The number of amides is 1. The van der Waals surface area contributed by atoms with Crippen molar-refractivity contribution in [1.29, 1.82) is 5.26 Å². The summed E-state index contributed by atoms with van der Waals surface area (Å²) in [5.74, 6) is 1.42. The molecule has 0 aliphatic carbocycles. The van der Waals surface area contributed by atoms with E-state index in [4.69, 9.17) is 9.72 Å². The summed E-state index contributed by atoms with van der Waals surface area (Å²) in [5.41, 5.74) is 4.43. The highest BCUT2D eigenvalue weighted by atomic mass is 16.5. The first-order valence-electron chi connectivity index (χ1n) is 12.2. The lowest BCUT2D eigenvalue weighted by molar-refractivity contribution is -0.116. The SMILES string of the molecule is Cc1cc(C)c2nc(-n3ncc(C#N)c3NC(=O)CCCOc3ccc4ccccc4c3)cc(C)c2c1. The average Bonchev–Trinajstić information content (AvgIpc) is 3.29. The Morgan fingerprint density at radius 1 is 1.03 bits per heavy atom. The quantitative estimate of drug-likeness (QED) is 0.276. The van der Waals surface area contributed by atoms with Crippen molar-refractivity contribution in [3.05, 3.63) is 89.1 Å². The molecular weight excluding hydrogens is 462 g/mol. The molecule has 0 spiro atoms. The maximum absolute atomic E-state index is 12.8. The van der Waals surface area contributed by atoms with E-state index in [1.807, 2.05) is 56.3 Å². The predicted molar refractivity (Wildman–Crippen MR) is 145 cm³/mol. The van der Waals surface area contributed by atoms with E-state index >= 15 is 0 Å². The second-order valence-electron chi connectivity index (χ2n) is 9.21. The fourth-order valence-electron chi connectivity index (χ4n) is 4.53. The van der Waals surface area contributed by atoms with Crippen molar-refractivity contribution >= 4 is 33.4 Å². The summed E-state index contributed by atoms with van der Waals surface area (Å²) < 4.78 is 7.37. The molecule has 0 aliphatic rings. The van der Waals surface area contributed by atoms with Gasteiger partial charge in [0.1, 0.15) is 17.4 Å². The standard InChI is InChI=1S/C30H27N5O2/c1-19-13-21(3)29-26(14-19)20(2)15-27(33-29)35-30(24(17-31)18-32-35)34-28(36)9-6-12-37-25-11-10-22-7-4-5-8-23(22)16-25/h4-5,7-8,10-11,13-16,18H,6,9,12H2,1-3H3,(H,34,36). The molecule has 1 amide bonds. The number of hydrogen-bond acceptors (Lipinski definition) is 5. The van der Waals surface area contributed by atoms with Crippen molar-refractivity contribution in [2.24, 2.45) is 0 Å². The number of pyridine rings is 1. The molecule has 0 radical (unpaired) electrons. The van der Waals surface area contributed by atoms with Crippen LogP contribution in [0, 0.1) is 32.1 Å². The zero-order valence-corrected chi connectivity index (χ0v) is 21.1. The Labute approximate surface area is 215 Å². The molecule has 7 heteroatoms. The van der Waals surface area contributed by atoms with Gasteiger partial charge in [-0.2, -0.15) is 15.0 Å². The Kier molecular flexibility index (Phi) is 6.57. The second kappa shape index (κ2) is 10.1. The fraction of sp³-hybridized carbons (Fsp3) is 0.200. The lowest BCUT2D eigenvalue weighted by Gasteiger charge is -2.13. The van der Waals surface area contributed by atoms with Crippen molar-refractivity contribution in [3.63, 3.8) is 0 Å². The zero-order chi connectivity index (χ0) is 25.9. The van der Waals surface area contributed by atoms with E-state index in [1.54, 1.807) is 0 Å². The number of nitrogens with zero attached hydrogens (tertiary/aromatic N) is 4. The van der Waals surface area contributed by atoms with E-state index in [0.717, 1.165) is 38.6 Å². The number of nitrogens with one attached hydrogen (secondary N) is 1. The first kappa shape index (κ1) is 24.0. The molecule has 5 rings (SSSR count).